The molecule has 1 atom stereocenters. The van der Waals surface area contributed by atoms with E-state index in [0.717, 1.165) is 19.3 Å². The highest BCUT2D eigenvalue weighted by atomic mass is 16.6. The molecule has 7 nitrogen and oxygen atoms in total. The van der Waals surface area contributed by atoms with Gasteiger partial charge in [-0.1, -0.05) is 13.3 Å². The summed E-state index contributed by atoms with van der Waals surface area (Å²) in [5.74, 6) is -3.26. The maximum atomic E-state index is 11.9. The second kappa shape index (κ2) is 8.96. The molecule has 0 heterocycles. The van der Waals surface area contributed by atoms with Crippen LogP contribution >= 0.6 is 0 Å². The lowest BCUT2D eigenvalue weighted by Crippen LogP contribution is -2.34. The third-order valence-electron chi connectivity index (χ3n) is 2.43. The quantitative estimate of drug-likeness (QED) is 0.317. The molecule has 22 heavy (non-hydrogen) atoms. The molecule has 0 saturated heterocycles. The van der Waals surface area contributed by atoms with Gasteiger partial charge in [0.05, 0.1) is 12.5 Å². The minimum Gasteiger partial charge on any atom is -0.466 e. The van der Waals surface area contributed by atoms with E-state index < -0.39 is 35.4 Å². The minimum absolute atomic E-state index is 0.202. The number of hydrogen-bond acceptors (Lipinski definition) is 7. The molecule has 0 aliphatic heterocycles. The van der Waals surface area contributed by atoms with Crippen LogP contribution in [0, 0.1) is 5.41 Å². The first-order valence-corrected chi connectivity index (χ1v) is 6.84. The van der Waals surface area contributed by atoms with E-state index in [9.17, 15) is 19.2 Å². The van der Waals surface area contributed by atoms with Crippen LogP contribution in [0.5, 0.6) is 0 Å². The van der Waals surface area contributed by atoms with Gasteiger partial charge in [-0.2, -0.15) is 0 Å². The van der Waals surface area contributed by atoms with E-state index in [0.29, 0.717) is 6.42 Å². The average molecular weight is 314 g/mol. The lowest BCUT2D eigenvalue weighted by Gasteiger charge is -2.19. The van der Waals surface area contributed by atoms with Crippen LogP contribution in [0.15, 0.2) is 12.2 Å². The van der Waals surface area contributed by atoms with E-state index in [4.69, 9.17) is 9.47 Å². The van der Waals surface area contributed by atoms with Gasteiger partial charge < -0.3 is 14.2 Å². The fourth-order valence-electron chi connectivity index (χ4n) is 1.18. The van der Waals surface area contributed by atoms with Crippen LogP contribution in [0.4, 0.5) is 0 Å². The Hall–Kier alpha value is -2.18. The van der Waals surface area contributed by atoms with Crippen LogP contribution in [-0.4, -0.2) is 37.1 Å². The van der Waals surface area contributed by atoms with Crippen molar-refractivity contribution < 1.29 is 33.4 Å². The highest BCUT2D eigenvalue weighted by Gasteiger charge is 2.30. The van der Waals surface area contributed by atoms with Gasteiger partial charge in [0.15, 0.2) is 6.10 Å². The van der Waals surface area contributed by atoms with Crippen LogP contribution in [0.25, 0.3) is 0 Å². The number of carbonyl (C=O) groups is 4. The Kier molecular flexibility index (Phi) is 8.08. The second-order valence-electron chi connectivity index (χ2n) is 5.53. The maximum Gasteiger partial charge on any atom is 0.355 e. The summed E-state index contributed by atoms with van der Waals surface area (Å²) in [4.78, 5) is 45.9. The largest absolute Gasteiger partial charge is 0.466 e. The molecule has 124 valence electrons. The molecule has 0 N–H and O–H groups in total. The van der Waals surface area contributed by atoms with Crippen molar-refractivity contribution in [2.24, 2.45) is 5.41 Å². The zero-order valence-corrected chi connectivity index (χ0v) is 13.5. The first-order chi connectivity index (χ1) is 10.1. The van der Waals surface area contributed by atoms with Crippen molar-refractivity contribution in [3.05, 3.63) is 12.2 Å². The Balaban J connectivity index is 4.75. The van der Waals surface area contributed by atoms with Crippen LogP contribution in [0.1, 0.15) is 40.5 Å². The van der Waals surface area contributed by atoms with Gasteiger partial charge in [-0.25, -0.2) is 14.4 Å². The molecule has 0 aliphatic rings. The fraction of sp³-hybridized carbons (Fsp3) is 0.600. The molecule has 0 rings (SSSR count). The summed E-state index contributed by atoms with van der Waals surface area (Å²) < 4.78 is 13.9. The molecule has 7 heteroatoms. The van der Waals surface area contributed by atoms with Crippen molar-refractivity contribution in [2.45, 2.75) is 46.6 Å². The SMILES string of the molecule is CCCC(OC(=O)/C=C\C(=O)OC)C(=O)OC(=O)C(C)(C)C. The monoisotopic (exact) mass is 314 g/mol. The Morgan fingerprint density at radius 2 is 1.59 bits per heavy atom. The summed E-state index contributed by atoms with van der Waals surface area (Å²) in [5, 5.41) is 0. The minimum atomic E-state index is -1.20. The summed E-state index contributed by atoms with van der Waals surface area (Å²) >= 11 is 0. The number of carbonyl (C=O) groups excluding carboxylic acids is 4. The lowest BCUT2D eigenvalue weighted by atomic mass is 9.97. The Labute approximate surface area is 129 Å². The molecule has 0 saturated carbocycles. The van der Waals surface area contributed by atoms with E-state index in [-0.39, 0.29) is 6.42 Å². The second-order valence-corrected chi connectivity index (χ2v) is 5.53. The molecule has 0 aliphatic carbocycles. The molecule has 0 bridgehead atoms. The van der Waals surface area contributed by atoms with Gasteiger partial charge in [0, 0.05) is 12.2 Å². The van der Waals surface area contributed by atoms with Gasteiger partial charge in [-0.15, -0.1) is 0 Å². The standard InChI is InChI=1S/C15H22O7/c1-6-7-10(13(18)22-14(19)15(2,3)4)21-12(17)9-8-11(16)20-5/h8-10H,6-7H2,1-5H3/b9-8-. The molecular weight excluding hydrogens is 292 g/mol. The van der Waals surface area contributed by atoms with Crippen molar-refractivity contribution in [3.8, 4) is 0 Å². The summed E-state index contributed by atoms with van der Waals surface area (Å²) in [5.41, 5.74) is -0.846. The highest BCUT2D eigenvalue weighted by molar-refractivity contribution is 5.94. The van der Waals surface area contributed by atoms with Gasteiger partial charge in [-0.3, -0.25) is 4.79 Å². The van der Waals surface area contributed by atoms with Crippen LogP contribution in [-0.2, 0) is 33.4 Å². The van der Waals surface area contributed by atoms with Crippen molar-refractivity contribution in [1.82, 2.24) is 0 Å². The van der Waals surface area contributed by atoms with E-state index >= 15 is 0 Å². The molecule has 0 spiro atoms. The third-order valence-corrected chi connectivity index (χ3v) is 2.43. The van der Waals surface area contributed by atoms with Gasteiger partial charge in [0.2, 0.25) is 0 Å². The lowest BCUT2D eigenvalue weighted by molar-refractivity contribution is -0.176. The zero-order valence-electron chi connectivity index (χ0n) is 13.5. The number of ether oxygens (including phenoxy) is 3. The summed E-state index contributed by atoms with van der Waals surface area (Å²) in [6, 6.07) is 0. The van der Waals surface area contributed by atoms with Gasteiger partial charge >= 0.3 is 23.9 Å². The first kappa shape index (κ1) is 19.8. The van der Waals surface area contributed by atoms with Crippen molar-refractivity contribution >= 4 is 23.9 Å². The normalized spacial score (nSPS) is 12.6. The van der Waals surface area contributed by atoms with Crippen molar-refractivity contribution in [1.29, 1.82) is 0 Å². The molecular formula is C15H22O7. The molecule has 0 fully saturated rings. The van der Waals surface area contributed by atoms with E-state index in [1.54, 1.807) is 27.7 Å². The molecule has 1 unspecified atom stereocenters. The Morgan fingerprint density at radius 3 is 2.05 bits per heavy atom. The summed E-state index contributed by atoms with van der Waals surface area (Å²) in [6.07, 6.45) is 1.25. The average Bonchev–Trinajstić information content (AvgIpc) is 2.43. The smallest absolute Gasteiger partial charge is 0.355 e. The van der Waals surface area contributed by atoms with Crippen LogP contribution < -0.4 is 0 Å². The highest BCUT2D eigenvalue weighted by Crippen LogP contribution is 2.16. The predicted octanol–water partition coefficient (Wildman–Crippen LogP) is 1.54. The molecule has 0 aromatic carbocycles. The van der Waals surface area contributed by atoms with Crippen molar-refractivity contribution in [2.75, 3.05) is 7.11 Å². The zero-order chi connectivity index (χ0) is 17.3. The Morgan fingerprint density at radius 1 is 1.05 bits per heavy atom. The molecule has 0 aromatic rings. The van der Waals surface area contributed by atoms with Crippen molar-refractivity contribution in [3.63, 3.8) is 0 Å². The molecule has 0 amide bonds. The topological polar surface area (TPSA) is 96.0 Å². The van der Waals surface area contributed by atoms with Gasteiger partial charge in [0.1, 0.15) is 0 Å². The predicted molar refractivity (Wildman–Crippen MR) is 76.5 cm³/mol. The first-order valence-electron chi connectivity index (χ1n) is 6.84. The van der Waals surface area contributed by atoms with Gasteiger partial charge in [0.25, 0.3) is 0 Å². The number of hydrogen-bond donors (Lipinski definition) is 0. The third kappa shape index (κ3) is 7.56. The number of esters is 4. The maximum absolute atomic E-state index is 11.9. The summed E-state index contributed by atoms with van der Waals surface area (Å²) in [7, 11) is 1.16. The summed E-state index contributed by atoms with van der Waals surface area (Å²) in [6.45, 7) is 6.58. The molecule has 0 aromatic heterocycles. The Bertz CT molecular complexity index is 457. The van der Waals surface area contributed by atoms with Gasteiger partial charge in [-0.05, 0) is 27.2 Å². The van der Waals surface area contributed by atoms with E-state index in [1.807, 2.05) is 0 Å². The number of rotatable bonds is 6. The van der Waals surface area contributed by atoms with Crippen LogP contribution in [0.3, 0.4) is 0 Å². The van der Waals surface area contributed by atoms with E-state index in [1.165, 1.54) is 0 Å². The van der Waals surface area contributed by atoms with E-state index in [2.05, 4.69) is 4.74 Å². The number of methoxy groups -OCH3 is 1. The molecule has 0 radical (unpaired) electrons. The van der Waals surface area contributed by atoms with Crippen LogP contribution in [0.2, 0.25) is 0 Å². The fourth-order valence-corrected chi connectivity index (χ4v) is 1.18.